The molecule has 1 aromatic carbocycles. The van der Waals surface area contributed by atoms with Crippen LogP contribution < -0.4 is 0 Å². The monoisotopic (exact) mass is 264 g/mol. The SMILES string of the molecule is CCN(CC(=O)c1ccc(O)cc1)CC(=O)N(C)C. The van der Waals surface area contributed by atoms with Gasteiger partial charge in [0.1, 0.15) is 5.75 Å². The third-order valence-corrected chi connectivity index (χ3v) is 2.86. The minimum atomic E-state index is -0.0617. The third kappa shape index (κ3) is 4.71. The average Bonchev–Trinajstić information content (AvgIpc) is 2.38. The van der Waals surface area contributed by atoms with E-state index >= 15 is 0 Å². The largest absolute Gasteiger partial charge is 0.508 e. The first-order chi connectivity index (χ1) is 8.93. The summed E-state index contributed by atoms with van der Waals surface area (Å²) in [5, 5.41) is 9.17. The van der Waals surface area contributed by atoms with Crippen LogP contribution in [0.1, 0.15) is 17.3 Å². The summed E-state index contributed by atoms with van der Waals surface area (Å²) in [5.41, 5.74) is 0.536. The predicted octanol–water partition coefficient (Wildman–Crippen LogP) is 0.985. The Morgan fingerprint density at radius 3 is 2.16 bits per heavy atom. The topological polar surface area (TPSA) is 60.9 Å². The van der Waals surface area contributed by atoms with E-state index in [1.165, 1.54) is 17.0 Å². The van der Waals surface area contributed by atoms with Crippen LogP contribution in [0.15, 0.2) is 24.3 Å². The minimum absolute atomic E-state index is 0.0274. The van der Waals surface area contributed by atoms with E-state index in [2.05, 4.69) is 0 Å². The second-order valence-electron chi connectivity index (χ2n) is 4.56. The molecule has 0 heterocycles. The molecule has 19 heavy (non-hydrogen) atoms. The molecule has 5 nitrogen and oxygen atoms in total. The quantitative estimate of drug-likeness (QED) is 0.778. The molecule has 0 unspecified atom stereocenters. The molecule has 1 N–H and O–H groups in total. The molecule has 0 bridgehead atoms. The molecule has 0 aliphatic carbocycles. The molecule has 0 saturated carbocycles. The highest BCUT2D eigenvalue weighted by molar-refractivity contribution is 5.97. The lowest BCUT2D eigenvalue weighted by atomic mass is 10.1. The van der Waals surface area contributed by atoms with Crippen LogP contribution in [-0.4, -0.2) is 60.3 Å². The third-order valence-electron chi connectivity index (χ3n) is 2.86. The van der Waals surface area contributed by atoms with Crippen molar-refractivity contribution in [2.24, 2.45) is 0 Å². The van der Waals surface area contributed by atoms with Crippen LogP contribution in [0.4, 0.5) is 0 Å². The van der Waals surface area contributed by atoms with E-state index in [1.807, 2.05) is 6.92 Å². The molecular weight excluding hydrogens is 244 g/mol. The van der Waals surface area contributed by atoms with Crippen molar-refractivity contribution in [1.29, 1.82) is 0 Å². The van der Waals surface area contributed by atoms with Crippen LogP contribution in [0, 0.1) is 0 Å². The highest BCUT2D eigenvalue weighted by Gasteiger charge is 2.15. The number of Topliss-reactive ketones (excluding diaryl/α,β-unsaturated/α-hetero) is 1. The molecule has 1 aromatic rings. The number of carbonyl (C=O) groups excluding carboxylic acids is 2. The summed E-state index contributed by atoms with van der Waals surface area (Å²) in [6.07, 6.45) is 0. The zero-order chi connectivity index (χ0) is 14.4. The number of rotatable bonds is 6. The van der Waals surface area contributed by atoms with Crippen LogP contribution in [0.2, 0.25) is 0 Å². The Morgan fingerprint density at radius 2 is 1.68 bits per heavy atom. The lowest BCUT2D eigenvalue weighted by molar-refractivity contribution is -0.129. The second-order valence-corrected chi connectivity index (χ2v) is 4.56. The predicted molar refractivity (Wildman–Crippen MR) is 73.2 cm³/mol. The van der Waals surface area contributed by atoms with Gasteiger partial charge in [0, 0.05) is 19.7 Å². The van der Waals surface area contributed by atoms with Gasteiger partial charge in [0.05, 0.1) is 13.1 Å². The molecule has 1 amide bonds. The molecule has 104 valence electrons. The highest BCUT2D eigenvalue weighted by Crippen LogP contribution is 2.10. The smallest absolute Gasteiger partial charge is 0.236 e. The van der Waals surface area contributed by atoms with E-state index in [-0.39, 0.29) is 30.5 Å². The van der Waals surface area contributed by atoms with Gasteiger partial charge < -0.3 is 10.0 Å². The first-order valence-electron chi connectivity index (χ1n) is 6.18. The first-order valence-corrected chi connectivity index (χ1v) is 6.18. The average molecular weight is 264 g/mol. The highest BCUT2D eigenvalue weighted by atomic mass is 16.3. The number of hydrogen-bond acceptors (Lipinski definition) is 4. The van der Waals surface area contributed by atoms with Crippen molar-refractivity contribution in [2.45, 2.75) is 6.92 Å². The standard InChI is InChI=1S/C14H20N2O3/c1-4-16(10-14(19)15(2)3)9-13(18)11-5-7-12(17)8-6-11/h5-8,17H,4,9-10H2,1-3H3. The van der Waals surface area contributed by atoms with Gasteiger partial charge in [0.2, 0.25) is 5.91 Å². The molecule has 1 rings (SSSR count). The van der Waals surface area contributed by atoms with Crippen molar-refractivity contribution in [3.05, 3.63) is 29.8 Å². The summed E-state index contributed by atoms with van der Waals surface area (Å²) in [5.74, 6) is 0.0421. The fourth-order valence-electron chi connectivity index (χ4n) is 1.55. The zero-order valence-corrected chi connectivity index (χ0v) is 11.6. The summed E-state index contributed by atoms with van der Waals surface area (Å²) in [6, 6.07) is 6.13. The Hall–Kier alpha value is -1.88. The lowest BCUT2D eigenvalue weighted by Gasteiger charge is -2.21. The number of phenolic OH excluding ortho intramolecular Hbond substituents is 1. The number of hydrogen-bond donors (Lipinski definition) is 1. The van der Waals surface area contributed by atoms with Crippen molar-refractivity contribution >= 4 is 11.7 Å². The maximum atomic E-state index is 12.0. The van der Waals surface area contributed by atoms with Gasteiger partial charge in [-0.2, -0.15) is 0 Å². The summed E-state index contributed by atoms with van der Waals surface area (Å²) in [7, 11) is 3.38. The van der Waals surface area contributed by atoms with Gasteiger partial charge in [-0.15, -0.1) is 0 Å². The van der Waals surface area contributed by atoms with Crippen molar-refractivity contribution in [1.82, 2.24) is 9.80 Å². The van der Waals surface area contributed by atoms with E-state index in [4.69, 9.17) is 0 Å². The lowest BCUT2D eigenvalue weighted by Crippen LogP contribution is -2.39. The number of amides is 1. The minimum Gasteiger partial charge on any atom is -0.508 e. The molecule has 5 heteroatoms. The van der Waals surface area contributed by atoms with Crippen LogP contribution in [0.5, 0.6) is 5.75 Å². The van der Waals surface area contributed by atoms with Crippen LogP contribution >= 0.6 is 0 Å². The molecule has 0 radical (unpaired) electrons. The second kappa shape index (κ2) is 6.89. The zero-order valence-electron chi connectivity index (χ0n) is 11.6. The van der Waals surface area contributed by atoms with Gasteiger partial charge in [0.25, 0.3) is 0 Å². The number of nitrogens with zero attached hydrogens (tertiary/aromatic N) is 2. The fraction of sp³-hybridized carbons (Fsp3) is 0.429. The van der Waals surface area contributed by atoms with Gasteiger partial charge >= 0.3 is 0 Å². The number of aromatic hydroxyl groups is 1. The van der Waals surface area contributed by atoms with Gasteiger partial charge in [-0.05, 0) is 30.8 Å². The Balaban J connectivity index is 2.63. The molecule has 0 spiro atoms. The molecule has 0 saturated heterocycles. The normalized spacial score (nSPS) is 10.5. The van der Waals surface area contributed by atoms with Crippen LogP contribution in [0.25, 0.3) is 0 Å². The fourth-order valence-corrected chi connectivity index (χ4v) is 1.55. The summed E-state index contributed by atoms with van der Waals surface area (Å²) in [4.78, 5) is 26.9. The Bertz CT molecular complexity index is 441. The van der Waals surface area contributed by atoms with Gasteiger partial charge in [-0.1, -0.05) is 6.92 Å². The first kappa shape index (κ1) is 15.2. The number of carbonyl (C=O) groups is 2. The number of phenols is 1. The van der Waals surface area contributed by atoms with Gasteiger partial charge in [0.15, 0.2) is 5.78 Å². The van der Waals surface area contributed by atoms with Crippen molar-refractivity contribution in [3.8, 4) is 5.75 Å². The summed E-state index contributed by atoms with van der Waals surface area (Å²) < 4.78 is 0. The van der Waals surface area contributed by atoms with E-state index in [0.29, 0.717) is 12.1 Å². The summed E-state index contributed by atoms with van der Waals surface area (Å²) >= 11 is 0. The number of ketones is 1. The maximum absolute atomic E-state index is 12.0. The molecule has 0 aliphatic rings. The van der Waals surface area contributed by atoms with Crippen molar-refractivity contribution in [2.75, 3.05) is 33.7 Å². The van der Waals surface area contributed by atoms with E-state index < -0.39 is 0 Å². The molecular formula is C14H20N2O3. The molecule has 0 fully saturated rings. The van der Waals surface area contributed by atoms with E-state index in [9.17, 15) is 14.7 Å². The van der Waals surface area contributed by atoms with Gasteiger partial charge in [-0.25, -0.2) is 0 Å². The van der Waals surface area contributed by atoms with Crippen molar-refractivity contribution < 1.29 is 14.7 Å². The summed E-state index contributed by atoms with van der Waals surface area (Å²) in [6.45, 7) is 2.96. The van der Waals surface area contributed by atoms with Crippen molar-refractivity contribution in [3.63, 3.8) is 0 Å². The molecule has 0 atom stereocenters. The Labute approximate surface area is 113 Å². The van der Waals surface area contributed by atoms with E-state index in [0.717, 1.165) is 0 Å². The van der Waals surface area contributed by atoms with Crippen LogP contribution in [-0.2, 0) is 4.79 Å². The van der Waals surface area contributed by atoms with Crippen LogP contribution in [0.3, 0.4) is 0 Å². The van der Waals surface area contributed by atoms with E-state index in [1.54, 1.807) is 31.1 Å². The number of benzene rings is 1. The van der Waals surface area contributed by atoms with Gasteiger partial charge in [-0.3, -0.25) is 14.5 Å². The Kier molecular flexibility index (Phi) is 5.51. The molecule has 0 aliphatic heterocycles. The number of likely N-dealkylation sites (N-methyl/N-ethyl adjacent to an activating group) is 2. The Morgan fingerprint density at radius 1 is 1.11 bits per heavy atom. The molecule has 0 aromatic heterocycles. The maximum Gasteiger partial charge on any atom is 0.236 e.